The molecule has 1 aliphatic rings. The maximum atomic E-state index is 13.0. The first-order valence-electron chi connectivity index (χ1n) is 6.75. The van der Waals surface area contributed by atoms with Crippen molar-refractivity contribution in [3.05, 3.63) is 69.3 Å². The number of aryl methyl sites for hydroxylation is 1. The highest BCUT2D eigenvalue weighted by atomic mass is 35.5. The van der Waals surface area contributed by atoms with Gasteiger partial charge in [-0.2, -0.15) is 0 Å². The largest absolute Gasteiger partial charge is 0.270 e. The Labute approximate surface area is 147 Å². The Kier molecular flexibility index (Phi) is 4.53. The Morgan fingerprint density at radius 1 is 1.22 bits per heavy atom. The summed E-state index contributed by atoms with van der Waals surface area (Å²) in [5, 5.41) is 0.582. The SMILES string of the molecule is Cc1ccc(N2C(=O)/C(=C/c3ccc(F)cc3)SC2=S)cc1Cl. The van der Waals surface area contributed by atoms with E-state index < -0.39 is 0 Å². The van der Waals surface area contributed by atoms with Gasteiger partial charge in [-0.25, -0.2) is 4.39 Å². The molecule has 0 radical (unpaired) electrons. The molecule has 0 saturated carbocycles. The van der Waals surface area contributed by atoms with Crippen molar-refractivity contribution in [2.75, 3.05) is 4.90 Å². The second-order valence-corrected chi connectivity index (χ2v) is 7.09. The Bertz CT molecular complexity index is 833. The van der Waals surface area contributed by atoms with Crippen molar-refractivity contribution in [2.24, 2.45) is 0 Å². The summed E-state index contributed by atoms with van der Waals surface area (Å²) in [7, 11) is 0. The minimum absolute atomic E-state index is 0.204. The summed E-state index contributed by atoms with van der Waals surface area (Å²) in [5.41, 5.74) is 2.32. The van der Waals surface area contributed by atoms with Gasteiger partial charge in [-0.3, -0.25) is 9.69 Å². The van der Waals surface area contributed by atoms with Crippen LogP contribution in [0.1, 0.15) is 11.1 Å². The van der Waals surface area contributed by atoms with Gasteiger partial charge in [0.2, 0.25) is 0 Å². The number of rotatable bonds is 2. The van der Waals surface area contributed by atoms with Crippen molar-refractivity contribution in [3.63, 3.8) is 0 Å². The molecule has 0 aromatic heterocycles. The molecular weight excluding hydrogens is 353 g/mol. The van der Waals surface area contributed by atoms with Crippen LogP contribution in [-0.2, 0) is 4.79 Å². The van der Waals surface area contributed by atoms with Crippen molar-refractivity contribution in [1.82, 2.24) is 0 Å². The van der Waals surface area contributed by atoms with Crippen LogP contribution in [0, 0.1) is 12.7 Å². The lowest BCUT2D eigenvalue weighted by molar-refractivity contribution is -0.113. The minimum Gasteiger partial charge on any atom is -0.268 e. The number of hydrogen-bond donors (Lipinski definition) is 0. The van der Waals surface area contributed by atoms with Gasteiger partial charge in [-0.05, 0) is 48.4 Å². The number of thioether (sulfide) groups is 1. The van der Waals surface area contributed by atoms with Crippen LogP contribution >= 0.6 is 35.6 Å². The maximum absolute atomic E-state index is 13.0. The minimum atomic E-state index is -0.316. The van der Waals surface area contributed by atoms with E-state index in [1.54, 1.807) is 24.3 Å². The summed E-state index contributed by atoms with van der Waals surface area (Å²) >= 11 is 12.7. The highest BCUT2D eigenvalue weighted by molar-refractivity contribution is 8.27. The second kappa shape index (κ2) is 6.43. The topological polar surface area (TPSA) is 20.3 Å². The van der Waals surface area contributed by atoms with E-state index in [9.17, 15) is 9.18 Å². The zero-order valence-electron chi connectivity index (χ0n) is 12.0. The molecule has 2 aromatic carbocycles. The molecule has 0 bridgehead atoms. The van der Waals surface area contributed by atoms with Crippen molar-refractivity contribution in [3.8, 4) is 0 Å². The summed E-state index contributed by atoms with van der Waals surface area (Å²) < 4.78 is 13.4. The molecule has 0 aliphatic carbocycles. The first kappa shape index (κ1) is 16.2. The summed E-state index contributed by atoms with van der Waals surface area (Å²) in [4.78, 5) is 14.6. The second-order valence-electron chi connectivity index (χ2n) is 5.00. The lowest BCUT2D eigenvalue weighted by Gasteiger charge is -2.15. The van der Waals surface area contributed by atoms with E-state index in [2.05, 4.69) is 0 Å². The van der Waals surface area contributed by atoms with E-state index in [1.807, 2.05) is 19.1 Å². The Morgan fingerprint density at radius 3 is 2.57 bits per heavy atom. The molecule has 1 aliphatic heterocycles. The summed E-state index contributed by atoms with van der Waals surface area (Å²) in [5.74, 6) is -0.520. The summed E-state index contributed by atoms with van der Waals surface area (Å²) in [6.07, 6.45) is 1.70. The van der Waals surface area contributed by atoms with E-state index >= 15 is 0 Å². The average Bonchev–Trinajstić information content (AvgIpc) is 2.79. The molecule has 0 unspecified atom stereocenters. The number of anilines is 1. The first-order chi connectivity index (χ1) is 11.0. The van der Waals surface area contributed by atoms with Crippen LogP contribution in [0.25, 0.3) is 6.08 Å². The Hall–Kier alpha value is -1.69. The lowest BCUT2D eigenvalue weighted by atomic mass is 10.2. The van der Waals surface area contributed by atoms with Crippen LogP contribution in [0.15, 0.2) is 47.4 Å². The molecule has 1 fully saturated rings. The number of carbonyl (C=O) groups excluding carboxylic acids is 1. The summed E-state index contributed by atoms with van der Waals surface area (Å²) in [6, 6.07) is 11.3. The number of benzene rings is 2. The molecule has 116 valence electrons. The van der Waals surface area contributed by atoms with E-state index in [0.717, 1.165) is 11.1 Å². The first-order valence-corrected chi connectivity index (χ1v) is 8.35. The standard InChI is InChI=1S/C17H11ClFNOS2/c1-10-2-7-13(9-14(10)18)20-16(21)15(23-17(20)22)8-11-3-5-12(19)6-4-11/h2-9H,1H3/b15-8-. The molecule has 2 aromatic rings. The molecule has 3 rings (SSSR count). The van der Waals surface area contributed by atoms with Crippen molar-refractivity contribution in [1.29, 1.82) is 0 Å². The van der Waals surface area contributed by atoms with E-state index in [1.165, 1.54) is 28.8 Å². The quantitative estimate of drug-likeness (QED) is 0.540. The molecule has 2 nitrogen and oxygen atoms in total. The van der Waals surface area contributed by atoms with E-state index in [4.69, 9.17) is 23.8 Å². The van der Waals surface area contributed by atoms with Gasteiger partial charge in [-0.1, -0.05) is 53.8 Å². The van der Waals surface area contributed by atoms with Crippen molar-refractivity contribution in [2.45, 2.75) is 6.92 Å². The van der Waals surface area contributed by atoms with Gasteiger partial charge in [0.15, 0.2) is 4.32 Å². The molecule has 1 heterocycles. The van der Waals surface area contributed by atoms with Gasteiger partial charge in [-0.15, -0.1) is 0 Å². The fraction of sp³-hybridized carbons (Fsp3) is 0.0588. The number of nitrogens with zero attached hydrogens (tertiary/aromatic N) is 1. The van der Waals surface area contributed by atoms with Crippen LogP contribution in [0.4, 0.5) is 10.1 Å². The van der Waals surface area contributed by atoms with Crippen molar-refractivity contribution >= 4 is 57.6 Å². The van der Waals surface area contributed by atoms with Crippen LogP contribution in [0.3, 0.4) is 0 Å². The zero-order valence-corrected chi connectivity index (χ0v) is 14.4. The zero-order chi connectivity index (χ0) is 16.6. The van der Waals surface area contributed by atoms with E-state index in [0.29, 0.717) is 19.9 Å². The molecule has 1 amide bonds. The van der Waals surface area contributed by atoms with Crippen LogP contribution in [0.2, 0.25) is 5.02 Å². The van der Waals surface area contributed by atoms with Crippen LogP contribution < -0.4 is 4.90 Å². The number of amides is 1. The monoisotopic (exact) mass is 363 g/mol. The van der Waals surface area contributed by atoms with Gasteiger partial charge in [0, 0.05) is 5.02 Å². The Balaban J connectivity index is 1.93. The predicted molar refractivity (Wildman–Crippen MR) is 98.2 cm³/mol. The van der Waals surface area contributed by atoms with Gasteiger partial charge >= 0.3 is 0 Å². The third-order valence-corrected chi connectivity index (χ3v) is 5.08. The summed E-state index contributed by atoms with van der Waals surface area (Å²) in [6.45, 7) is 1.89. The molecule has 0 atom stereocenters. The molecule has 0 spiro atoms. The normalized spacial score (nSPS) is 16.5. The third-order valence-electron chi connectivity index (χ3n) is 3.38. The third kappa shape index (κ3) is 3.32. The molecule has 1 saturated heterocycles. The maximum Gasteiger partial charge on any atom is 0.270 e. The van der Waals surface area contributed by atoms with Gasteiger partial charge in [0.05, 0.1) is 10.6 Å². The van der Waals surface area contributed by atoms with Crippen LogP contribution in [-0.4, -0.2) is 10.2 Å². The fourth-order valence-corrected chi connectivity index (χ4v) is 3.60. The number of hydrogen-bond acceptors (Lipinski definition) is 3. The van der Waals surface area contributed by atoms with Crippen molar-refractivity contribution < 1.29 is 9.18 Å². The number of carbonyl (C=O) groups is 1. The smallest absolute Gasteiger partial charge is 0.268 e. The molecule has 6 heteroatoms. The fourth-order valence-electron chi connectivity index (χ4n) is 2.12. The van der Waals surface area contributed by atoms with Gasteiger partial charge < -0.3 is 0 Å². The lowest BCUT2D eigenvalue weighted by Crippen LogP contribution is -2.27. The highest BCUT2D eigenvalue weighted by Crippen LogP contribution is 2.37. The molecule has 0 N–H and O–H groups in total. The van der Waals surface area contributed by atoms with Gasteiger partial charge in [0.1, 0.15) is 5.82 Å². The van der Waals surface area contributed by atoms with Crippen LogP contribution in [0.5, 0.6) is 0 Å². The number of halogens is 2. The molecule has 23 heavy (non-hydrogen) atoms. The highest BCUT2D eigenvalue weighted by Gasteiger charge is 2.33. The van der Waals surface area contributed by atoms with Gasteiger partial charge in [0.25, 0.3) is 5.91 Å². The van der Waals surface area contributed by atoms with E-state index in [-0.39, 0.29) is 11.7 Å². The predicted octanol–water partition coefficient (Wildman–Crippen LogP) is 5.19. The number of thiocarbonyl (C=S) groups is 1. The average molecular weight is 364 g/mol. The Morgan fingerprint density at radius 2 is 1.91 bits per heavy atom. The molecular formula is C17H11ClFNOS2.